The molecule has 46 heavy (non-hydrogen) atoms. The van der Waals surface area contributed by atoms with Crippen molar-refractivity contribution in [3.8, 4) is 0 Å². The molecule has 0 heterocycles. The van der Waals surface area contributed by atoms with E-state index in [2.05, 4.69) is 54.8 Å². The Morgan fingerprint density at radius 2 is 1.20 bits per heavy atom. The fraction of sp³-hybridized carbons (Fsp3) is 0.771. The Kier molecular flexibility index (Phi) is 30.5. The van der Waals surface area contributed by atoms with Gasteiger partial charge >= 0.3 is 19.8 Å². The zero-order valence-corrected chi connectivity index (χ0v) is 29.4. The van der Waals surface area contributed by atoms with Crippen molar-refractivity contribution < 1.29 is 47.8 Å². The molecule has 0 spiro atoms. The number of rotatable bonds is 32. The lowest BCUT2D eigenvalue weighted by Crippen LogP contribution is -2.29. The molecule has 0 aliphatic carbocycles. The fourth-order valence-electron chi connectivity index (χ4n) is 4.36. The highest BCUT2D eigenvalue weighted by Gasteiger charge is 2.27. The van der Waals surface area contributed by atoms with Crippen LogP contribution in [0.3, 0.4) is 0 Å². The van der Waals surface area contributed by atoms with Gasteiger partial charge in [0.1, 0.15) is 12.7 Å². The Balaban J connectivity index is 4.43. The predicted octanol–water partition coefficient (Wildman–Crippen LogP) is 8.05. The standard InChI is InChI=1S/C35H63O10P/c1-3-5-7-9-11-13-14-15-16-17-18-19-21-23-25-27-35(39)45-33(31-44-46(40,41)43-29-32(37)28-36)30-42-34(38)26-24-22-20-12-10-8-6-4-2/h5,7,11,13,15-16,32-33,36-37H,3-4,6,8-10,12,14,17-31H2,1-2H3,(H,40,41)/b7-5-,13-11-,16-15-. The summed E-state index contributed by atoms with van der Waals surface area (Å²) in [7, 11) is -4.61. The molecular formula is C35H63O10P. The number of hydrogen-bond donors (Lipinski definition) is 3. The summed E-state index contributed by atoms with van der Waals surface area (Å²) in [5.41, 5.74) is 0. The van der Waals surface area contributed by atoms with E-state index >= 15 is 0 Å². The number of ether oxygens (including phenoxy) is 2. The third-order valence-electron chi connectivity index (χ3n) is 7.06. The lowest BCUT2D eigenvalue weighted by Gasteiger charge is -2.20. The molecular weight excluding hydrogens is 611 g/mol. The van der Waals surface area contributed by atoms with Gasteiger partial charge in [0.2, 0.25) is 0 Å². The Morgan fingerprint density at radius 1 is 0.674 bits per heavy atom. The van der Waals surface area contributed by atoms with Gasteiger partial charge in [-0.05, 0) is 44.9 Å². The number of esters is 2. The number of aliphatic hydroxyl groups is 2. The van der Waals surface area contributed by atoms with Crippen LogP contribution in [-0.2, 0) is 32.7 Å². The van der Waals surface area contributed by atoms with Gasteiger partial charge in [0.25, 0.3) is 0 Å². The molecule has 0 aromatic carbocycles. The molecule has 0 bridgehead atoms. The van der Waals surface area contributed by atoms with Gasteiger partial charge in [0.15, 0.2) is 6.10 Å². The molecule has 0 aromatic rings. The second-order valence-electron chi connectivity index (χ2n) is 11.5. The van der Waals surface area contributed by atoms with Crippen LogP contribution in [0.5, 0.6) is 0 Å². The molecule has 0 saturated heterocycles. The van der Waals surface area contributed by atoms with Gasteiger partial charge in [-0.1, -0.05) is 115 Å². The Hall–Kier alpha value is -1.81. The first-order valence-electron chi connectivity index (χ1n) is 17.4. The molecule has 0 aliphatic rings. The fourth-order valence-corrected chi connectivity index (χ4v) is 5.15. The number of unbranched alkanes of at least 4 members (excludes halogenated alkanes) is 12. The van der Waals surface area contributed by atoms with Crippen molar-refractivity contribution in [1.82, 2.24) is 0 Å². The minimum atomic E-state index is -4.61. The molecule has 3 N–H and O–H groups in total. The minimum Gasteiger partial charge on any atom is -0.462 e. The Labute approximate surface area is 278 Å². The Morgan fingerprint density at radius 3 is 1.80 bits per heavy atom. The van der Waals surface area contributed by atoms with Crippen molar-refractivity contribution in [3.63, 3.8) is 0 Å². The van der Waals surface area contributed by atoms with Crippen molar-refractivity contribution in [3.05, 3.63) is 36.5 Å². The topological polar surface area (TPSA) is 149 Å². The molecule has 268 valence electrons. The van der Waals surface area contributed by atoms with E-state index in [-0.39, 0.29) is 19.4 Å². The Bertz CT molecular complexity index is 873. The van der Waals surface area contributed by atoms with Crippen molar-refractivity contribution >= 4 is 19.8 Å². The highest BCUT2D eigenvalue weighted by molar-refractivity contribution is 7.47. The first-order chi connectivity index (χ1) is 22.2. The molecule has 0 aliphatic heterocycles. The number of carbonyl (C=O) groups excluding carboxylic acids is 2. The van der Waals surface area contributed by atoms with Crippen LogP contribution in [0, 0.1) is 0 Å². The molecule has 0 fully saturated rings. The first kappa shape index (κ1) is 44.2. The third-order valence-corrected chi connectivity index (χ3v) is 8.01. The maximum Gasteiger partial charge on any atom is 0.472 e. The highest BCUT2D eigenvalue weighted by atomic mass is 31.2. The summed E-state index contributed by atoms with van der Waals surface area (Å²) >= 11 is 0. The van der Waals surface area contributed by atoms with Gasteiger partial charge in [0, 0.05) is 12.8 Å². The first-order valence-corrected chi connectivity index (χ1v) is 18.9. The van der Waals surface area contributed by atoms with Gasteiger partial charge in [0.05, 0.1) is 19.8 Å². The maximum atomic E-state index is 12.5. The predicted molar refractivity (Wildman–Crippen MR) is 182 cm³/mol. The van der Waals surface area contributed by atoms with Crippen LogP contribution in [0.1, 0.15) is 136 Å². The average Bonchev–Trinajstić information content (AvgIpc) is 3.04. The second-order valence-corrected chi connectivity index (χ2v) is 13.0. The normalized spacial score (nSPS) is 14.6. The summed E-state index contributed by atoms with van der Waals surface area (Å²) in [6.45, 7) is 2.18. The number of aliphatic hydroxyl groups excluding tert-OH is 2. The van der Waals surface area contributed by atoms with E-state index < -0.39 is 51.8 Å². The van der Waals surface area contributed by atoms with Crippen molar-refractivity contribution in [2.75, 3.05) is 26.4 Å². The number of phosphoric acid groups is 1. The number of phosphoric ester groups is 1. The molecule has 0 radical (unpaired) electrons. The monoisotopic (exact) mass is 674 g/mol. The lowest BCUT2D eigenvalue weighted by molar-refractivity contribution is -0.161. The van der Waals surface area contributed by atoms with Crippen molar-refractivity contribution in [2.45, 2.75) is 148 Å². The van der Waals surface area contributed by atoms with E-state index in [9.17, 15) is 24.2 Å². The smallest absolute Gasteiger partial charge is 0.462 e. The van der Waals surface area contributed by atoms with Gasteiger partial charge in [-0.15, -0.1) is 0 Å². The molecule has 0 saturated carbocycles. The van der Waals surface area contributed by atoms with E-state index in [1.165, 1.54) is 25.7 Å². The number of allylic oxidation sites excluding steroid dienone is 6. The van der Waals surface area contributed by atoms with Crippen LogP contribution in [-0.4, -0.2) is 65.7 Å². The largest absolute Gasteiger partial charge is 0.472 e. The molecule has 10 nitrogen and oxygen atoms in total. The summed E-state index contributed by atoms with van der Waals surface area (Å²) in [4.78, 5) is 34.6. The van der Waals surface area contributed by atoms with Gasteiger partial charge in [-0.2, -0.15) is 0 Å². The van der Waals surface area contributed by atoms with E-state index in [4.69, 9.17) is 19.1 Å². The molecule has 3 atom stereocenters. The van der Waals surface area contributed by atoms with E-state index in [1.807, 2.05) is 0 Å². The highest BCUT2D eigenvalue weighted by Crippen LogP contribution is 2.43. The minimum absolute atomic E-state index is 0.165. The molecule has 3 unspecified atom stereocenters. The maximum absolute atomic E-state index is 12.5. The zero-order chi connectivity index (χ0) is 34.1. The quantitative estimate of drug-likeness (QED) is 0.0277. The summed E-state index contributed by atoms with van der Waals surface area (Å²) in [6.07, 6.45) is 28.5. The van der Waals surface area contributed by atoms with Crippen LogP contribution in [0.15, 0.2) is 36.5 Å². The molecule has 0 rings (SSSR count). The van der Waals surface area contributed by atoms with Crippen molar-refractivity contribution in [1.29, 1.82) is 0 Å². The number of hydrogen-bond acceptors (Lipinski definition) is 9. The summed E-state index contributed by atoms with van der Waals surface area (Å²) < 4.78 is 32.4. The summed E-state index contributed by atoms with van der Waals surface area (Å²) in [5, 5.41) is 18.2. The van der Waals surface area contributed by atoms with Crippen LogP contribution in [0.4, 0.5) is 0 Å². The van der Waals surface area contributed by atoms with E-state index in [0.29, 0.717) is 12.8 Å². The lowest BCUT2D eigenvalue weighted by atomic mass is 10.1. The average molecular weight is 675 g/mol. The number of carbonyl (C=O) groups is 2. The summed E-state index contributed by atoms with van der Waals surface area (Å²) in [5.74, 6) is -0.953. The van der Waals surface area contributed by atoms with Crippen LogP contribution in [0.25, 0.3) is 0 Å². The molecule has 11 heteroatoms. The van der Waals surface area contributed by atoms with E-state index in [0.717, 1.165) is 70.6 Å². The summed E-state index contributed by atoms with van der Waals surface area (Å²) in [6, 6.07) is 0. The van der Waals surface area contributed by atoms with Crippen LogP contribution < -0.4 is 0 Å². The second kappa shape index (κ2) is 31.8. The van der Waals surface area contributed by atoms with Gasteiger partial charge in [-0.25, -0.2) is 4.57 Å². The van der Waals surface area contributed by atoms with Gasteiger partial charge in [-0.3, -0.25) is 18.6 Å². The van der Waals surface area contributed by atoms with Crippen LogP contribution >= 0.6 is 7.82 Å². The van der Waals surface area contributed by atoms with E-state index in [1.54, 1.807) is 0 Å². The third kappa shape index (κ3) is 30.8. The van der Waals surface area contributed by atoms with Crippen molar-refractivity contribution in [2.24, 2.45) is 0 Å². The van der Waals surface area contributed by atoms with Crippen LogP contribution in [0.2, 0.25) is 0 Å². The zero-order valence-electron chi connectivity index (χ0n) is 28.5. The molecule has 0 aromatic heterocycles. The SMILES string of the molecule is CC/C=C\C/C=C\C/C=C\CCCCCCCC(=O)OC(COC(=O)CCCCCCCCCC)COP(=O)(O)OCC(O)CO. The van der Waals surface area contributed by atoms with Gasteiger partial charge < -0.3 is 24.6 Å². The molecule has 0 amide bonds.